The Hall–Kier alpha value is -1.59. The summed E-state index contributed by atoms with van der Waals surface area (Å²) in [6.07, 6.45) is 3.14. The fraction of sp³-hybridized carbons (Fsp3) is 0.632. The minimum atomic E-state index is -0.430. The van der Waals surface area contributed by atoms with E-state index >= 15 is 0 Å². The van der Waals surface area contributed by atoms with Crippen molar-refractivity contribution in [1.29, 1.82) is 0 Å². The number of benzene rings is 1. The van der Waals surface area contributed by atoms with Gasteiger partial charge in [-0.3, -0.25) is 9.69 Å². The number of methoxy groups -OCH3 is 1. The molecule has 1 saturated heterocycles. The fourth-order valence-electron chi connectivity index (χ4n) is 3.28. The summed E-state index contributed by atoms with van der Waals surface area (Å²) in [6.45, 7) is 6.90. The van der Waals surface area contributed by atoms with E-state index in [4.69, 9.17) is 10.5 Å². The summed E-state index contributed by atoms with van der Waals surface area (Å²) in [6, 6.07) is 7.88. The van der Waals surface area contributed by atoms with E-state index in [2.05, 4.69) is 36.2 Å². The second-order valence-corrected chi connectivity index (χ2v) is 7.01. The van der Waals surface area contributed by atoms with Gasteiger partial charge in [-0.05, 0) is 56.0 Å². The van der Waals surface area contributed by atoms with E-state index in [1.165, 1.54) is 18.4 Å². The second-order valence-electron chi connectivity index (χ2n) is 7.01. The van der Waals surface area contributed by atoms with Crippen molar-refractivity contribution < 1.29 is 9.53 Å². The van der Waals surface area contributed by atoms with Crippen molar-refractivity contribution in [3.05, 3.63) is 29.8 Å². The maximum absolute atomic E-state index is 12.3. The van der Waals surface area contributed by atoms with E-state index in [9.17, 15) is 4.79 Å². The van der Waals surface area contributed by atoms with Crippen molar-refractivity contribution in [2.75, 3.05) is 26.7 Å². The van der Waals surface area contributed by atoms with Gasteiger partial charge in [-0.15, -0.1) is 0 Å². The molecule has 1 aliphatic rings. The molecule has 2 rings (SSSR count). The molecule has 1 aromatic rings. The molecule has 1 aliphatic heterocycles. The lowest BCUT2D eigenvalue weighted by Gasteiger charge is -2.29. The van der Waals surface area contributed by atoms with Crippen molar-refractivity contribution in [2.24, 2.45) is 11.7 Å². The van der Waals surface area contributed by atoms with Gasteiger partial charge in [0.25, 0.3) is 0 Å². The predicted molar refractivity (Wildman–Crippen MR) is 97.0 cm³/mol. The monoisotopic (exact) mass is 333 g/mol. The van der Waals surface area contributed by atoms with Gasteiger partial charge in [0, 0.05) is 6.54 Å². The zero-order valence-corrected chi connectivity index (χ0v) is 15.1. The van der Waals surface area contributed by atoms with E-state index in [0.717, 1.165) is 18.8 Å². The van der Waals surface area contributed by atoms with Crippen LogP contribution in [-0.4, -0.2) is 43.6 Å². The molecule has 5 heteroatoms. The predicted octanol–water partition coefficient (Wildman–Crippen LogP) is 2.32. The van der Waals surface area contributed by atoms with Crippen LogP contribution in [0.25, 0.3) is 0 Å². The number of carbonyl (C=O) groups excluding carboxylic acids is 1. The number of nitrogens with zero attached hydrogens (tertiary/aromatic N) is 1. The molecule has 1 heterocycles. The summed E-state index contributed by atoms with van der Waals surface area (Å²) in [5, 5.41) is 3.06. The SMILES string of the molecule is COc1ccc(C(CNC(=O)[C@@H](N)CC(C)C)N2CCCC2)cc1. The van der Waals surface area contributed by atoms with Gasteiger partial charge >= 0.3 is 0 Å². The van der Waals surface area contributed by atoms with Gasteiger partial charge in [-0.1, -0.05) is 26.0 Å². The third kappa shape index (κ3) is 5.21. The Morgan fingerprint density at radius 1 is 1.25 bits per heavy atom. The molecule has 24 heavy (non-hydrogen) atoms. The summed E-state index contributed by atoms with van der Waals surface area (Å²) >= 11 is 0. The van der Waals surface area contributed by atoms with E-state index in [-0.39, 0.29) is 11.9 Å². The minimum absolute atomic E-state index is 0.0543. The minimum Gasteiger partial charge on any atom is -0.497 e. The van der Waals surface area contributed by atoms with Crippen LogP contribution in [0.4, 0.5) is 0 Å². The Balaban J connectivity index is 2.02. The quantitative estimate of drug-likeness (QED) is 0.766. The molecule has 2 atom stereocenters. The van der Waals surface area contributed by atoms with Crippen LogP contribution in [0, 0.1) is 5.92 Å². The van der Waals surface area contributed by atoms with Gasteiger partial charge in [0.15, 0.2) is 0 Å². The molecule has 0 aliphatic carbocycles. The third-order valence-electron chi connectivity index (χ3n) is 4.61. The first kappa shape index (κ1) is 18.7. The Kier molecular flexibility index (Phi) is 7.06. The van der Waals surface area contributed by atoms with Crippen LogP contribution in [-0.2, 0) is 4.79 Å². The number of ether oxygens (including phenoxy) is 1. The number of likely N-dealkylation sites (tertiary alicyclic amines) is 1. The van der Waals surface area contributed by atoms with E-state index in [1.54, 1.807) is 7.11 Å². The third-order valence-corrected chi connectivity index (χ3v) is 4.61. The molecule has 0 spiro atoms. The molecule has 3 N–H and O–H groups in total. The number of amides is 1. The number of nitrogens with two attached hydrogens (primary N) is 1. The van der Waals surface area contributed by atoms with Crippen LogP contribution < -0.4 is 15.8 Å². The Labute approximate surface area is 145 Å². The maximum atomic E-state index is 12.3. The van der Waals surface area contributed by atoms with E-state index in [1.807, 2.05) is 12.1 Å². The van der Waals surface area contributed by atoms with Crippen molar-refractivity contribution in [3.8, 4) is 5.75 Å². The van der Waals surface area contributed by atoms with Crippen LogP contribution in [0.3, 0.4) is 0 Å². The lowest BCUT2D eigenvalue weighted by atomic mass is 10.0. The molecule has 0 bridgehead atoms. The van der Waals surface area contributed by atoms with Crippen molar-refractivity contribution in [2.45, 2.75) is 45.2 Å². The summed E-state index contributed by atoms with van der Waals surface area (Å²) in [5.41, 5.74) is 7.20. The largest absolute Gasteiger partial charge is 0.497 e. The highest BCUT2D eigenvalue weighted by atomic mass is 16.5. The molecule has 1 amide bonds. The summed E-state index contributed by atoms with van der Waals surface area (Å²) in [7, 11) is 1.67. The van der Waals surface area contributed by atoms with Gasteiger partial charge in [0.1, 0.15) is 5.75 Å². The van der Waals surface area contributed by atoms with Crippen LogP contribution >= 0.6 is 0 Å². The summed E-state index contributed by atoms with van der Waals surface area (Å²) < 4.78 is 5.24. The van der Waals surface area contributed by atoms with Gasteiger partial charge in [-0.25, -0.2) is 0 Å². The maximum Gasteiger partial charge on any atom is 0.236 e. The van der Waals surface area contributed by atoms with E-state index in [0.29, 0.717) is 18.9 Å². The molecule has 134 valence electrons. The lowest BCUT2D eigenvalue weighted by Crippen LogP contribution is -2.44. The van der Waals surface area contributed by atoms with Crippen LogP contribution in [0.2, 0.25) is 0 Å². The number of hydrogen-bond acceptors (Lipinski definition) is 4. The zero-order chi connectivity index (χ0) is 17.5. The average molecular weight is 333 g/mol. The molecule has 1 fully saturated rings. The number of hydrogen-bond donors (Lipinski definition) is 2. The van der Waals surface area contributed by atoms with Gasteiger partial charge < -0.3 is 15.8 Å². The van der Waals surface area contributed by atoms with Crippen LogP contribution in [0.1, 0.15) is 44.7 Å². The summed E-state index contributed by atoms with van der Waals surface area (Å²) in [5.74, 6) is 1.21. The number of rotatable bonds is 8. The summed E-state index contributed by atoms with van der Waals surface area (Å²) in [4.78, 5) is 14.7. The smallest absolute Gasteiger partial charge is 0.236 e. The Morgan fingerprint density at radius 3 is 2.42 bits per heavy atom. The Bertz CT molecular complexity index is 510. The first-order valence-corrected chi connectivity index (χ1v) is 8.92. The molecule has 0 saturated carbocycles. The van der Waals surface area contributed by atoms with Gasteiger partial charge in [0.2, 0.25) is 5.91 Å². The first-order valence-electron chi connectivity index (χ1n) is 8.92. The number of nitrogens with one attached hydrogen (secondary N) is 1. The van der Waals surface area contributed by atoms with Gasteiger partial charge in [0.05, 0.1) is 19.2 Å². The standard InChI is InChI=1S/C19H31N3O2/c1-14(2)12-17(20)19(23)21-13-18(22-10-4-5-11-22)15-6-8-16(24-3)9-7-15/h6-9,14,17-18H,4-5,10-13,20H2,1-3H3,(H,21,23)/t17-,18?/m0/s1. The highest BCUT2D eigenvalue weighted by Crippen LogP contribution is 2.26. The fourth-order valence-corrected chi connectivity index (χ4v) is 3.28. The molecule has 0 radical (unpaired) electrons. The van der Waals surface area contributed by atoms with Crippen molar-refractivity contribution >= 4 is 5.91 Å². The normalized spacial score (nSPS) is 17.7. The molecule has 1 unspecified atom stereocenters. The molecular formula is C19H31N3O2. The molecule has 1 aromatic carbocycles. The average Bonchev–Trinajstić information content (AvgIpc) is 3.09. The van der Waals surface area contributed by atoms with Crippen molar-refractivity contribution in [1.82, 2.24) is 10.2 Å². The lowest BCUT2D eigenvalue weighted by molar-refractivity contribution is -0.122. The molecular weight excluding hydrogens is 302 g/mol. The number of carbonyl (C=O) groups is 1. The van der Waals surface area contributed by atoms with Crippen LogP contribution in [0.5, 0.6) is 5.75 Å². The Morgan fingerprint density at radius 2 is 1.88 bits per heavy atom. The van der Waals surface area contributed by atoms with Crippen LogP contribution in [0.15, 0.2) is 24.3 Å². The zero-order valence-electron chi connectivity index (χ0n) is 15.1. The highest BCUT2D eigenvalue weighted by molar-refractivity contribution is 5.81. The molecule has 5 nitrogen and oxygen atoms in total. The first-order chi connectivity index (χ1) is 11.5. The van der Waals surface area contributed by atoms with Crippen molar-refractivity contribution in [3.63, 3.8) is 0 Å². The van der Waals surface area contributed by atoms with E-state index < -0.39 is 6.04 Å². The van der Waals surface area contributed by atoms with Gasteiger partial charge in [-0.2, -0.15) is 0 Å². The molecule has 0 aromatic heterocycles. The topological polar surface area (TPSA) is 67.6 Å². The second kappa shape index (κ2) is 9.04. The highest BCUT2D eigenvalue weighted by Gasteiger charge is 2.25.